The zero-order valence-electron chi connectivity index (χ0n) is 13.0. The van der Waals surface area contributed by atoms with Crippen LogP contribution in [-0.4, -0.2) is 35.0 Å². The van der Waals surface area contributed by atoms with Crippen LogP contribution in [0.2, 0.25) is 0 Å². The number of aliphatic hydroxyl groups is 1. The van der Waals surface area contributed by atoms with Crippen molar-refractivity contribution in [3.63, 3.8) is 0 Å². The van der Waals surface area contributed by atoms with E-state index in [0.717, 1.165) is 0 Å². The molecule has 0 saturated heterocycles. The van der Waals surface area contributed by atoms with E-state index in [-0.39, 0.29) is 18.1 Å². The van der Waals surface area contributed by atoms with Gasteiger partial charge in [0.15, 0.2) is 11.5 Å². The molecule has 0 heterocycles. The number of phenolic OH excluding ortho intramolecular Hbond substituents is 2. The van der Waals surface area contributed by atoms with Gasteiger partial charge in [0.25, 0.3) is 0 Å². The Balaban J connectivity index is 1.89. The van der Waals surface area contributed by atoms with Gasteiger partial charge in [-0.25, -0.2) is 4.79 Å². The smallest absolute Gasteiger partial charge is 0.330 e. The molecule has 0 amide bonds. The Hall–Kier alpha value is -2.99. The number of benzene rings is 2. The fourth-order valence-electron chi connectivity index (χ4n) is 1.96. The standard InChI is InChI=1S/C18H18O6/c1-23-17-10-12(2-8-15(17)20)3-9-18(22)24-11-16(21)13-4-6-14(19)7-5-13/h2-10,16,19-21H,11H2,1H3/b9-3+. The monoisotopic (exact) mass is 330 g/mol. The minimum atomic E-state index is -0.975. The molecule has 2 aromatic rings. The summed E-state index contributed by atoms with van der Waals surface area (Å²) in [6, 6.07) is 10.6. The van der Waals surface area contributed by atoms with Crippen LogP contribution in [0, 0.1) is 0 Å². The van der Waals surface area contributed by atoms with Crippen molar-refractivity contribution in [1.29, 1.82) is 0 Å². The first-order valence-corrected chi connectivity index (χ1v) is 7.18. The minimum absolute atomic E-state index is 0.00856. The molecule has 2 aromatic carbocycles. The van der Waals surface area contributed by atoms with Crippen LogP contribution in [0.3, 0.4) is 0 Å². The van der Waals surface area contributed by atoms with Gasteiger partial charge in [-0.3, -0.25) is 0 Å². The third kappa shape index (κ3) is 4.76. The van der Waals surface area contributed by atoms with Crippen LogP contribution in [0.5, 0.6) is 17.2 Å². The van der Waals surface area contributed by atoms with Gasteiger partial charge in [0.1, 0.15) is 18.5 Å². The lowest BCUT2D eigenvalue weighted by Gasteiger charge is -2.10. The number of methoxy groups -OCH3 is 1. The van der Waals surface area contributed by atoms with Crippen LogP contribution in [0.15, 0.2) is 48.5 Å². The van der Waals surface area contributed by atoms with E-state index in [1.54, 1.807) is 24.3 Å². The molecule has 1 atom stereocenters. The number of hydrogen-bond donors (Lipinski definition) is 3. The molecule has 126 valence electrons. The average molecular weight is 330 g/mol. The summed E-state index contributed by atoms with van der Waals surface area (Å²) in [5.74, 6) is -0.211. The van der Waals surface area contributed by atoms with Crippen molar-refractivity contribution in [2.24, 2.45) is 0 Å². The topological polar surface area (TPSA) is 96.2 Å². The first kappa shape index (κ1) is 17.4. The second kappa shape index (κ2) is 8.03. The lowest BCUT2D eigenvalue weighted by molar-refractivity contribution is -0.140. The highest BCUT2D eigenvalue weighted by atomic mass is 16.5. The normalized spacial score (nSPS) is 12.1. The summed E-state index contributed by atoms with van der Waals surface area (Å²) >= 11 is 0. The van der Waals surface area contributed by atoms with Crippen molar-refractivity contribution in [3.8, 4) is 17.2 Å². The molecule has 3 N–H and O–H groups in total. The van der Waals surface area contributed by atoms with E-state index < -0.39 is 12.1 Å². The molecule has 6 heteroatoms. The fourth-order valence-corrected chi connectivity index (χ4v) is 1.96. The summed E-state index contributed by atoms with van der Waals surface area (Å²) in [7, 11) is 1.43. The Morgan fingerprint density at radius 2 is 1.88 bits per heavy atom. The molecule has 0 aromatic heterocycles. The molecule has 2 rings (SSSR count). The second-order valence-electron chi connectivity index (χ2n) is 5.00. The number of carbonyl (C=O) groups excluding carboxylic acids is 1. The third-order valence-corrected chi connectivity index (χ3v) is 3.28. The van der Waals surface area contributed by atoms with Crippen LogP contribution in [-0.2, 0) is 9.53 Å². The molecule has 0 saturated carbocycles. The fraction of sp³-hybridized carbons (Fsp3) is 0.167. The maximum Gasteiger partial charge on any atom is 0.330 e. The van der Waals surface area contributed by atoms with Crippen molar-refractivity contribution >= 4 is 12.0 Å². The Morgan fingerprint density at radius 3 is 2.54 bits per heavy atom. The van der Waals surface area contributed by atoms with Gasteiger partial charge in [-0.05, 0) is 41.5 Å². The van der Waals surface area contributed by atoms with Crippen LogP contribution >= 0.6 is 0 Å². The van der Waals surface area contributed by atoms with Crippen LogP contribution in [0.4, 0.5) is 0 Å². The van der Waals surface area contributed by atoms with Gasteiger partial charge in [0.2, 0.25) is 0 Å². The van der Waals surface area contributed by atoms with Gasteiger partial charge in [-0.2, -0.15) is 0 Å². The van der Waals surface area contributed by atoms with Crippen molar-refractivity contribution in [1.82, 2.24) is 0 Å². The second-order valence-corrected chi connectivity index (χ2v) is 5.00. The first-order valence-electron chi connectivity index (χ1n) is 7.18. The number of ether oxygens (including phenoxy) is 2. The van der Waals surface area contributed by atoms with E-state index in [1.165, 1.54) is 37.5 Å². The summed E-state index contributed by atoms with van der Waals surface area (Å²) in [5, 5.41) is 28.6. The Labute approximate surface area is 139 Å². The van der Waals surface area contributed by atoms with Gasteiger partial charge in [-0.15, -0.1) is 0 Å². The molecule has 0 radical (unpaired) electrons. The maximum atomic E-state index is 11.7. The SMILES string of the molecule is COc1cc(/C=C/C(=O)OCC(O)c2ccc(O)cc2)ccc1O. The zero-order valence-corrected chi connectivity index (χ0v) is 13.0. The molecule has 1 unspecified atom stereocenters. The quantitative estimate of drug-likeness (QED) is 0.556. The Morgan fingerprint density at radius 1 is 1.17 bits per heavy atom. The summed E-state index contributed by atoms with van der Waals surface area (Å²) in [4.78, 5) is 11.7. The van der Waals surface area contributed by atoms with E-state index in [9.17, 15) is 20.1 Å². The summed E-state index contributed by atoms with van der Waals surface area (Å²) in [5.41, 5.74) is 1.19. The highest BCUT2D eigenvalue weighted by Gasteiger charge is 2.10. The summed E-state index contributed by atoms with van der Waals surface area (Å²) < 4.78 is 9.95. The van der Waals surface area contributed by atoms with Crippen LogP contribution < -0.4 is 4.74 Å². The molecule has 0 aliphatic carbocycles. The van der Waals surface area contributed by atoms with Crippen LogP contribution in [0.1, 0.15) is 17.2 Å². The van der Waals surface area contributed by atoms with Gasteiger partial charge in [0.05, 0.1) is 7.11 Å². The van der Waals surface area contributed by atoms with E-state index in [0.29, 0.717) is 16.9 Å². The Bertz CT molecular complexity index is 721. The third-order valence-electron chi connectivity index (χ3n) is 3.28. The first-order chi connectivity index (χ1) is 11.5. The van der Waals surface area contributed by atoms with Gasteiger partial charge in [-0.1, -0.05) is 18.2 Å². The van der Waals surface area contributed by atoms with E-state index in [2.05, 4.69) is 0 Å². The molecule has 6 nitrogen and oxygen atoms in total. The summed E-state index contributed by atoms with van der Waals surface area (Å²) in [6.45, 7) is -0.202. The number of aromatic hydroxyl groups is 2. The van der Waals surface area contributed by atoms with Crippen LogP contribution in [0.25, 0.3) is 6.08 Å². The Kier molecular flexibility index (Phi) is 5.81. The average Bonchev–Trinajstić information content (AvgIpc) is 2.59. The van der Waals surface area contributed by atoms with Crippen molar-refractivity contribution in [2.75, 3.05) is 13.7 Å². The minimum Gasteiger partial charge on any atom is -0.508 e. The largest absolute Gasteiger partial charge is 0.508 e. The number of hydrogen-bond acceptors (Lipinski definition) is 6. The molecule has 0 bridgehead atoms. The number of carbonyl (C=O) groups is 1. The zero-order chi connectivity index (χ0) is 17.5. The number of aliphatic hydroxyl groups excluding tert-OH is 1. The van der Waals surface area contributed by atoms with Gasteiger partial charge < -0.3 is 24.8 Å². The highest BCUT2D eigenvalue weighted by Crippen LogP contribution is 2.26. The maximum absolute atomic E-state index is 11.7. The number of rotatable bonds is 6. The lowest BCUT2D eigenvalue weighted by Crippen LogP contribution is -2.10. The van der Waals surface area contributed by atoms with E-state index in [4.69, 9.17) is 9.47 Å². The molecular formula is C18H18O6. The van der Waals surface area contributed by atoms with Crippen molar-refractivity contribution in [3.05, 3.63) is 59.7 Å². The predicted molar refractivity (Wildman–Crippen MR) is 87.7 cm³/mol. The number of esters is 1. The molecule has 0 aliphatic heterocycles. The van der Waals surface area contributed by atoms with E-state index >= 15 is 0 Å². The van der Waals surface area contributed by atoms with Crippen molar-refractivity contribution < 1.29 is 29.6 Å². The number of phenols is 2. The highest BCUT2D eigenvalue weighted by molar-refractivity contribution is 5.87. The van der Waals surface area contributed by atoms with Gasteiger partial charge >= 0.3 is 5.97 Å². The lowest BCUT2D eigenvalue weighted by atomic mass is 10.1. The molecule has 0 aliphatic rings. The molecule has 0 fully saturated rings. The van der Waals surface area contributed by atoms with E-state index in [1.807, 2.05) is 0 Å². The predicted octanol–water partition coefficient (Wildman–Crippen LogP) is 2.40. The summed E-state index contributed by atoms with van der Waals surface area (Å²) in [6.07, 6.45) is 1.75. The molecule has 24 heavy (non-hydrogen) atoms. The molecule has 0 spiro atoms. The molecular weight excluding hydrogens is 312 g/mol. The van der Waals surface area contributed by atoms with Crippen molar-refractivity contribution in [2.45, 2.75) is 6.10 Å². The van der Waals surface area contributed by atoms with Gasteiger partial charge in [0, 0.05) is 6.08 Å².